The third-order valence-corrected chi connectivity index (χ3v) is 4.57. The van der Waals surface area contributed by atoms with Crippen LogP contribution in [-0.4, -0.2) is 64.5 Å². The zero-order valence-electron chi connectivity index (χ0n) is 19.5. The van der Waals surface area contributed by atoms with E-state index in [1.54, 1.807) is 0 Å². The quantitative estimate of drug-likeness (QED) is 0.149. The predicted molar refractivity (Wildman–Crippen MR) is 122 cm³/mol. The van der Waals surface area contributed by atoms with Gasteiger partial charge in [0.05, 0.1) is 18.0 Å². The lowest BCUT2D eigenvalue weighted by molar-refractivity contribution is -0.384. The highest BCUT2D eigenvalue weighted by Crippen LogP contribution is 2.15. The number of carbonyl (C=O) groups excluding carboxylic acids is 4. The molecule has 0 heterocycles. The van der Waals surface area contributed by atoms with Crippen LogP contribution < -0.4 is 21.3 Å². The monoisotopic (exact) mass is 495 g/mol. The number of unbranched alkanes of at least 4 members (excludes halogenated alkanes) is 1. The molecule has 0 saturated carbocycles. The average Bonchev–Trinajstić information content (AvgIpc) is 2.78. The van der Waals surface area contributed by atoms with E-state index in [9.17, 15) is 34.1 Å². The van der Waals surface area contributed by atoms with E-state index in [4.69, 9.17) is 9.84 Å². The minimum atomic E-state index is -1.50. The molecule has 192 valence electrons. The standard InChI is InChI=1S/C21H29N5O9/c1-4-5-10-35-21(32)23-13(3)18(29)22-12(2)19(30)25-16(11-17(27)28)20(31)24-14-6-8-15(9-7-14)26(33)34/h6-9,12-13,16H,4-5,10-11H2,1-3H3,(H,22,29)(H,23,32)(H,24,31)(H,25,30)(H,27,28)/t12-,13-,16-/m0/s1. The molecular formula is C21H29N5O9. The van der Waals surface area contributed by atoms with Gasteiger partial charge < -0.3 is 31.1 Å². The number of benzene rings is 1. The van der Waals surface area contributed by atoms with E-state index in [1.165, 1.54) is 26.0 Å². The number of alkyl carbamates (subject to hydrolysis) is 1. The van der Waals surface area contributed by atoms with Crippen molar-refractivity contribution in [1.82, 2.24) is 16.0 Å². The smallest absolute Gasteiger partial charge is 0.407 e. The van der Waals surface area contributed by atoms with Gasteiger partial charge in [0.1, 0.15) is 18.1 Å². The highest BCUT2D eigenvalue weighted by molar-refractivity contribution is 6.00. The molecule has 1 aromatic rings. The van der Waals surface area contributed by atoms with Crippen LogP contribution in [0.1, 0.15) is 40.0 Å². The zero-order chi connectivity index (χ0) is 26.5. The second-order valence-electron chi connectivity index (χ2n) is 7.54. The Balaban J connectivity index is 2.70. The number of non-ortho nitro benzene ring substituents is 1. The summed E-state index contributed by atoms with van der Waals surface area (Å²) in [6.45, 7) is 4.81. The molecule has 0 aromatic heterocycles. The fourth-order valence-corrected chi connectivity index (χ4v) is 2.57. The number of nitrogens with zero attached hydrogens (tertiary/aromatic N) is 1. The van der Waals surface area contributed by atoms with Crippen LogP contribution in [0.3, 0.4) is 0 Å². The number of ether oxygens (including phenoxy) is 1. The number of carboxylic acids is 1. The zero-order valence-corrected chi connectivity index (χ0v) is 19.5. The maximum atomic E-state index is 12.5. The third kappa shape index (κ3) is 10.5. The van der Waals surface area contributed by atoms with Crippen molar-refractivity contribution in [2.75, 3.05) is 11.9 Å². The van der Waals surface area contributed by atoms with Gasteiger partial charge >= 0.3 is 12.1 Å². The van der Waals surface area contributed by atoms with Crippen molar-refractivity contribution in [3.8, 4) is 0 Å². The number of rotatable bonds is 13. The number of carbonyl (C=O) groups is 5. The van der Waals surface area contributed by atoms with E-state index < -0.39 is 59.3 Å². The van der Waals surface area contributed by atoms with E-state index in [1.807, 2.05) is 6.92 Å². The molecule has 0 spiro atoms. The summed E-state index contributed by atoms with van der Waals surface area (Å²) in [5, 5.41) is 29.1. The van der Waals surface area contributed by atoms with Crippen molar-refractivity contribution in [3.05, 3.63) is 34.4 Å². The molecule has 1 aromatic carbocycles. The number of anilines is 1. The molecule has 14 nitrogen and oxygen atoms in total. The molecule has 3 atom stereocenters. The summed E-state index contributed by atoms with van der Waals surface area (Å²) in [5.41, 5.74) is -0.0572. The summed E-state index contributed by atoms with van der Waals surface area (Å²) in [7, 11) is 0. The molecule has 0 unspecified atom stereocenters. The van der Waals surface area contributed by atoms with Crippen LogP contribution in [0.4, 0.5) is 16.2 Å². The third-order valence-electron chi connectivity index (χ3n) is 4.57. The Morgan fingerprint density at radius 3 is 2.09 bits per heavy atom. The number of amides is 4. The SMILES string of the molecule is CCCCOC(=O)N[C@@H](C)C(=O)N[C@@H](C)C(=O)N[C@@H](CC(=O)O)C(=O)Nc1ccc([N+](=O)[O-])cc1. The van der Waals surface area contributed by atoms with E-state index in [-0.39, 0.29) is 18.0 Å². The van der Waals surface area contributed by atoms with Crippen molar-refractivity contribution in [3.63, 3.8) is 0 Å². The molecule has 0 aliphatic carbocycles. The molecule has 0 fully saturated rings. The second-order valence-corrected chi connectivity index (χ2v) is 7.54. The number of nitro groups is 1. The van der Waals surface area contributed by atoms with Crippen molar-refractivity contribution in [2.24, 2.45) is 0 Å². The molecule has 0 aliphatic heterocycles. The molecule has 14 heteroatoms. The first kappa shape index (κ1) is 28.8. The van der Waals surface area contributed by atoms with Crippen LogP contribution in [0.15, 0.2) is 24.3 Å². The van der Waals surface area contributed by atoms with Crippen LogP contribution in [0.5, 0.6) is 0 Å². The summed E-state index contributed by atoms with van der Waals surface area (Å²) < 4.78 is 4.90. The summed E-state index contributed by atoms with van der Waals surface area (Å²) in [6, 6.07) is 1.09. The Morgan fingerprint density at radius 2 is 1.54 bits per heavy atom. The van der Waals surface area contributed by atoms with Crippen LogP contribution in [-0.2, 0) is 23.9 Å². The van der Waals surface area contributed by atoms with E-state index >= 15 is 0 Å². The first-order valence-corrected chi connectivity index (χ1v) is 10.8. The first-order chi connectivity index (χ1) is 16.4. The molecular weight excluding hydrogens is 466 g/mol. The molecule has 0 bridgehead atoms. The number of nitrogens with one attached hydrogen (secondary N) is 4. The average molecular weight is 495 g/mol. The van der Waals surface area contributed by atoms with Crippen molar-refractivity contribution >= 4 is 41.2 Å². The summed E-state index contributed by atoms with van der Waals surface area (Å²) >= 11 is 0. The highest BCUT2D eigenvalue weighted by Gasteiger charge is 2.28. The van der Waals surface area contributed by atoms with Crippen molar-refractivity contribution < 1.29 is 38.7 Å². The normalized spacial score (nSPS) is 12.9. The molecule has 0 saturated heterocycles. The van der Waals surface area contributed by atoms with Crippen LogP contribution in [0, 0.1) is 10.1 Å². The molecule has 4 amide bonds. The van der Waals surface area contributed by atoms with Gasteiger partial charge in [-0.15, -0.1) is 0 Å². The molecule has 5 N–H and O–H groups in total. The van der Waals surface area contributed by atoms with Gasteiger partial charge in [0.2, 0.25) is 17.7 Å². The highest BCUT2D eigenvalue weighted by atomic mass is 16.6. The van der Waals surface area contributed by atoms with Gasteiger partial charge in [-0.1, -0.05) is 13.3 Å². The van der Waals surface area contributed by atoms with Crippen LogP contribution >= 0.6 is 0 Å². The lowest BCUT2D eigenvalue weighted by Gasteiger charge is -2.21. The molecule has 35 heavy (non-hydrogen) atoms. The van der Waals surface area contributed by atoms with E-state index in [0.717, 1.165) is 18.6 Å². The first-order valence-electron chi connectivity index (χ1n) is 10.8. The van der Waals surface area contributed by atoms with Crippen LogP contribution in [0.25, 0.3) is 0 Å². The fraction of sp³-hybridized carbons (Fsp3) is 0.476. The van der Waals surface area contributed by atoms with Gasteiger partial charge in [-0.3, -0.25) is 29.3 Å². The summed E-state index contributed by atoms with van der Waals surface area (Å²) in [4.78, 5) is 70.2. The second kappa shape index (κ2) is 14.1. The maximum Gasteiger partial charge on any atom is 0.407 e. The number of nitro benzene ring substituents is 1. The van der Waals surface area contributed by atoms with Gasteiger partial charge in [0.15, 0.2) is 0 Å². The lowest BCUT2D eigenvalue weighted by atomic mass is 10.1. The Labute approximate surface area is 200 Å². The van der Waals surface area contributed by atoms with Gasteiger partial charge in [0.25, 0.3) is 5.69 Å². The minimum Gasteiger partial charge on any atom is -0.481 e. The Bertz CT molecular complexity index is 936. The Hall–Kier alpha value is -4.23. The maximum absolute atomic E-state index is 12.5. The van der Waals surface area contributed by atoms with E-state index in [0.29, 0.717) is 6.42 Å². The number of hydrogen-bond acceptors (Lipinski definition) is 8. The summed E-state index contributed by atoms with van der Waals surface area (Å²) in [6.07, 6.45) is -0.0551. The van der Waals surface area contributed by atoms with Gasteiger partial charge in [0, 0.05) is 17.8 Å². The lowest BCUT2D eigenvalue weighted by Crippen LogP contribution is -2.55. The number of carboxylic acid groups (broad SMARTS) is 1. The van der Waals surface area contributed by atoms with Gasteiger partial charge in [-0.2, -0.15) is 0 Å². The minimum absolute atomic E-state index is 0.150. The Kier molecular flexibility index (Phi) is 11.6. The molecule has 1 rings (SSSR count). The topological polar surface area (TPSA) is 206 Å². The number of aliphatic carboxylic acids is 1. The van der Waals surface area contributed by atoms with E-state index in [2.05, 4.69) is 21.3 Å². The molecule has 0 aliphatic rings. The van der Waals surface area contributed by atoms with Gasteiger partial charge in [-0.25, -0.2) is 4.79 Å². The number of hydrogen-bond donors (Lipinski definition) is 5. The molecule has 0 radical (unpaired) electrons. The predicted octanol–water partition coefficient (Wildman–Crippen LogP) is 0.912. The largest absolute Gasteiger partial charge is 0.481 e. The van der Waals surface area contributed by atoms with Crippen LogP contribution in [0.2, 0.25) is 0 Å². The van der Waals surface area contributed by atoms with Gasteiger partial charge in [-0.05, 0) is 32.4 Å². The fourth-order valence-electron chi connectivity index (χ4n) is 2.57. The summed E-state index contributed by atoms with van der Waals surface area (Å²) in [5.74, 6) is -3.80. The van der Waals surface area contributed by atoms with Crippen molar-refractivity contribution in [2.45, 2.75) is 58.2 Å². The van der Waals surface area contributed by atoms with Crippen molar-refractivity contribution in [1.29, 1.82) is 0 Å². The Morgan fingerprint density at radius 1 is 0.971 bits per heavy atom.